The van der Waals surface area contributed by atoms with Crippen molar-refractivity contribution >= 4 is 0 Å². The van der Waals surface area contributed by atoms with Gasteiger partial charge in [-0.2, -0.15) is 39.5 Å². The van der Waals surface area contributed by atoms with E-state index in [4.69, 9.17) is 0 Å². The summed E-state index contributed by atoms with van der Waals surface area (Å²) >= 11 is 0. The van der Waals surface area contributed by atoms with Crippen molar-refractivity contribution in [2.75, 3.05) is 13.7 Å². The summed E-state index contributed by atoms with van der Waals surface area (Å²) in [5.41, 5.74) is -7.60. The van der Waals surface area contributed by atoms with E-state index in [2.05, 4.69) is 4.74 Å². The van der Waals surface area contributed by atoms with Crippen molar-refractivity contribution in [1.82, 2.24) is 0 Å². The first-order chi connectivity index (χ1) is 10.8. The van der Waals surface area contributed by atoms with Crippen molar-refractivity contribution in [3.63, 3.8) is 0 Å². The van der Waals surface area contributed by atoms with Crippen LogP contribution in [0, 0.1) is 0 Å². The third-order valence-electron chi connectivity index (χ3n) is 3.03. The molecule has 0 aliphatic carbocycles. The Morgan fingerprint density at radius 1 is 0.720 bits per heavy atom. The lowest BCUT2D eigenvalue weighted by atomic mass is 9.82. The van der Waals surface area contributed by atoms with Crippen LogP contribution in [-0.2, 0) is 4.74 Å². The van der Waals surface area contributed by atoms with Gasteiger partial charge in [0.15, 0.2) is 0 Å². The second-order valence-electron chi connectivity index (χ2n) is 4.68. The minimum Gasteiger partial charge on any atom is -0.384 e. The molecule has 0 heterocycles. The van der Waals surface area contributed by atoms with Gasteiger partial charge >= 0.3 is 36.0 Å². The van der Waals surface area contributed by atoms with Crippen LogP contribution in [0.3, 0.4) is 0 Å². The highest BCUT2D eigenvalue weighted by atomic mass is 19.4. The number of alkyl halides is 14. The van der Waals surface area contributed by atoms with E-state index >= 15 is 0 Å². The molecule has 1 nitrogen and oxygen atoms in total. The molecule has 0 aromatic rings. The van der Waals surface area contributed by atoms with Crippen LogP contribution in [0.15, 0.2) is 0 Å². The highest BCUT2D eigenvalue weighted by molar-refractivity contribution is 5.16. The SMILES string of the molecule is COCCC(F)(F)C(F)(C(F)(F)F)C(F)(F)C(F)(F)C(F)(F)C(F)F. The summed E-state index contributed by atoms with van der Waals surface area (Å²) in [6, 6.07) is 0. The molecule has 0 radical (unpaired) electrons. The van der Waals surface area contributed by atoms with Gasteiger partial charge in [-0.05, 0) is 0 Å². The molecule has 0 amide bonds. The monoisotopic (exact) mass is 410 g/mol. The first kappa shape index (κ1) is 24.0. The average Bonchev–Trinajstić information content (AvgIpc) is 2.41. The Balaban J connectivity index is 6.58. The fraction of sp³-hybridized carbons (Fsp3) is 1.00. The molecular formula is C10H8F14O. The molecule has 0 fully saturated rings. The Kier molecular flexibility index (Phi) is 6.34. The average molecular weight is 410 g/mol. The van der Waals surface area contributed by atoms with Gasteiger partial charge in [0.2, 0.25) is 0 Å². The van der Waals surface area contributed by atoms with Crippen molar-refractivity contribution in [3.05, 3.63) is 0 Å². The molecule has 0 N–H and O–H groups in total. The Hall–Kier alpha value is -1.02. The van der Waals surface area contributed by atoms with E-state index in [1.807, 2.05) is 0 Å². The maximum atomic E-state index is 13.7. The van der Waals surface area contributed by atoms with E-state index < -0.39 is 55.0 Å². The standard InChI is InChI=1S/C10H8F14O/c1-25-3-2-5(13,14)7(17,10(22,23)24)9(20,21)8(18,19)6(15,16)4(11)12/h4H,2-3H2,1H3. The van der Waals surface area contributed by atoms with Crippen LogP contribution in [0.2, 0.25) is 0 Å². The van der Waals surface area contributed by atoms with Crippen molar-refractivity contribution in [2.45, 2.75) is 48.4 Å². The molecule has 25 heavy (non-hydrogen) atoms. The van der Waals surface area contributed by atoms with Gasteiger partial charge in [0.05, 0.1) is 6.61 Å². The maximum Gasteiger partial charge on any atom is 0.434 e. The fourth-order valence-corrected chi connectivity index (χ4v) is 1.58. The minimum atomic E-state index is -7.98. The van der Waals surface area contributed by atoms with Gasteiger partial charge in [-0.1, -0.05) is 0 Å². The van der Waals surface area contributed by atoms with Gasteiger partial charge in [-0.3, -0.25) is 0 Å². The second-order valence-corrected chi connectivity index (χ2v) is 4.68. The van der Waals surface area contributed by atoms with Crippen LogP contribution < -0.4 is 0 Å². The summed E-state index contributed by atoms with van der Waals surface area (Å²) in [5.74, 6) is -29.5. The normalized spacial score (nSPS) is 17.8. The second kappa shape index (κ2) is 6.61. The predicted octanol–water partition coefficient (Wildman–Crippen LogP) is 5.10. The summed E-state index contributed by atoms with van der Waals surface area (Å²) in [4.78, 5) is 0. The number of rotatable bonds is 8. The first-order valence-electron chi connectivity index (χ1n) is 5.79. The van der Waals surface area contributed by atoms with E-state index in [1.165, 1.54) is 0 Å². The Labute approximate surface area is 129 Å². The topological polar surface area (TPSA) is 9.23 Å². The Morgan fingerprint density at radius 3 is 1.40 bits per heavy atom. The van der Waals surface area contributed by atoms with Crippen LogP contribution in [0.1, 0.15) is 6.42 Å². The molecule has 0 bridgehead atoms. The molecule has 0 rings (SSSR count). The van der Waals surface area contributed by atoms with E-state index in [-0.39, 0.29) is 0 Å². The molecular weight excluding hydrogens is 402 g/mol. The summed E-state index contributed by atoms with van der Waals surface area (Å²) in [6.45, 7) is -1.58. The van der Waals surface area contributed by atoms with Crippen molar-refractivity contribution in [1.29, 1.82) is 0 Å². The molecule has 152 valence electrons. The van der Waals surface area contributed by atoms with Gasteiger partial charge in [-0.25, -0.2) is 22.0 Å². The molecule has 0 aliphatic heterocycles. The Bertz CT molecular complexity index is 455. The lowest BCUT2D eigenvalue weighted by molar-refractivity contribution is -0.434. The van der Waals surface area contributed by atoms with Crippen LogP contribution in [0.25, 0.3) is 0 Å². The van der Waals surface area contributed by atoms with Crippen molar-refractivity contribution in [3.8, 4) is 0 Å². The molecule has 0 aliphatic rings. The van der Waals surface area contributed by atoms with Crippen LogP contribution in [0.5, 0.6) is 0 Å². The Morgan fingerprint density at radius 2 is 1.12 bits per heavy atom. The molecule has 0 saturated carbocycles. The van der Waals surface area contributed by atoms with Gasteiger partial charge in [-0.15, -0.1) is 0 Å². The molecule has 0 aromatic carbocycles. The van der Waals surface area contributed by atoms with Crippen LogP contribution in [-0.4, -0.2) is 55.7 Å². The van der Waals surface area contributed by atoms with E-state index in [9.17, 15) is 61.5 Å². The fourth-order valence-electron chi connectivity index (χ4n) is 1.58. The van der Waals surface area contributed by atoms with Crippen molar-refractivity contribution < 1.29 is 66.2 Å². The van der Waals surface area contributed by atoms with E-state index in [1.54, 1.807) is 0 Å². The largest absolute Gasteiger partial charge is 0.434 e. The zero-order valence-corrected chi connectivity index (χ0v) is 11.7. The van der Waals surface area contributed by atoms with Gasteiger partial charge in [0.1, 0.15) is 0 Å². The first-order valence-corrected chi connectivity index (χ1v) is 5.79. The smallest absolute Gasteiger partial charge is 0.384 e. The number of hydrogen-bond donors (Lipinski definition) is 0. The van der Waals surface area contributed by atoms with Gasteiger partial charge in [0, 0.05) is 13.5 Å². The van der Waals surface area contributed by atoms with Crippen LogP contribution in [0.4, 0.5) is 61.5 Å². The number of methoxy groups -OCH3 is 1. The highest BCUT2D eigenvalue weighted by Gasteiger charge is 2.92. The summed E-state index contributed by atoms with van der Waals surface area (Å²) in [6.07, 6.45) is -15.8. The van der Waals surface area contributed by atoms with E-state index in [0.29, 0.717) is 7.11 Å². The molecule has 1 atom stereocenters. The summed E-state index contributed by atoms with van der Waals surface area (Å²) in [7, 11) is 0.529. The number of ether oxygens (including phenoxy) is 1. The van der Waals surface area contributed by atoms with Crippen LogP contribution >= 0.6 is 0 Å². The zero-order valence-electron chi connectivity index (χ0n) is 11.7. The van der Waals surface area contributed by atoms with E-state index in [0.717, 1.165) is 0 Å². The number of hydrogen-bond acceptors (Lipinski definition) is 1. The molecule has 15 heteroatoms. The predicted molar refractivity (Wildman–Crippen MR) is 52.2 cm³/mol. The quantitative estimate of drug-likeness (QED) is 0.506. The molecule has 0 saturated heterocycles. The van der Waals surface area contributed by atoms with Gasteiger partial charge < -0.3 is 4.74 Å². The molecule has 0 aromatic heterocycles. The maximum absolute atomic E-state index is 13.7. The third kappa shape index (κ3) is 3.35. The molecule has 0 spiro atoms. The lowest BCUT2D eigenvalue weighted by Crippen LogP contribution is -2.75. The lowest BCUT2D eigenvalue weighted by Gasteiger charge is -2.44. The number of halogens is 14. The minimum absolute atomic E-state index is 0.529. The summed E-state index contributed by atoms with van der Waals surface area (Å²) in [5, 5.41) is 0. The molecule has 1 unspecified atom stereocenters. The summed E-state index contributed by atoms with van der Waals surface area (Å²) < 4.78 is 183. The van der Waals surface area contributed by atoms with Crippen molar-refractivity contribution in [2.24, 2.45) is 0 Å². The highest BCUT2D eigenvalue weighted by Crippen LogP contribution is 2.62. The zero-order chi connectivity index (χ0) is 20.7. The van der Waals surface area contributed by atoms with Gasteiger partial charge in [0.25, 0.3) is 5.92 Å². The third-order valence-corrected chi connectivity index (χ3v) is 3.03.